The topological polar surface area (TPSA) is 72.5 Å². The Balaban J connectivity index is 1.34. The number of amides is 2. The number of aromatic nitrogens is 1. The molecule has 0 atom stereocenters. The molecule has 2 heterocycles. The summed E-state index contributed by atoms with van der Waals surface area (Å²) in [5.41, 5.74) is 1.50. The number of carbonyl (C=O) groups is 1. The number of thiazole rings is 1. The van der Waals surface area contributed by atoms with Crippen molar-refractivity contribution in [3.05, 3.63) is 46.8 Å². The Morgan fingerprint density at radius 1 is 1.21 bits per heavy atom. The van der Waals surface area contributed by atoms with E-state index in [1.807, 2.05) is 35.0 Å². The van der Waals surface area contributed by atoms with Crippen LogP contribution >= 0.6 is 22.7 Å². The minimum absolute atomic E-state index is 0.218. The van der Waals surface area contributed by atoms with Gasteiger partial charge in [0.15, 0.2) is 11.5 Å². The van der Waals surface area contributed by atoms with Crippen LogP contribution in [0.2, 0.25) is 0 Å². The second kappa shape index (κ2) is 9.28. The van der Waals surface area contributed by atoms with Crippen LogP contribution < -0.4 is 20.1 Å². The number of anilines is 1. The zero-order valence-corrected chi connectivity index (χ0v) is 17.8. The first-order valence-electron chi connectivity index (χ1n) is 9.59. The smallest absolute Gasteiger partial charge is 0.319 e. The number of nitrogens with one attached hydrogen (secondary N) is 2. The highest BCUT2D eigenvalue weighted by molar-refractivity contribution is 7.20. The molecule has 29 heavy (non-hydrogen) atoms. The summed E-state index contributed by atoms with van der Waals surface area (Å²) in [6, 6.07) is 9.20. The summed E-state index contributed by atoms with van der Waals surface area (Å²) in [5, 5.41) is 10.7. The van der Waals surface area contributed by atoms with Gasteiger partial charge < -0.3 is 20.1 Å². The van der Waals surface area contributed by atoms with E-state index in [9.17, 15) is 4.79 Å². The normalized spacial score (nSPS) is 14.0. The van der Waals surface area contributed by atoms with Crippen molar-refractivity contribution in [2.45, 2.75) is 38.3 Å². The number of ether oxygens (including phenoxy) is 2. The molecule has 0 saturated heterocycles. The first-order chi connectivity index (χ1) is 14.2. The van der Waals surface area contributed by atoms with E-state index >= 15 is 0 Å². The highest BCUT2D eigenvalue weighted by Crippen LogP contribution is 2.34. The third kappa shape index (κ3) is 5.07. The molecule has 0 unspecified atom stereocenters. The average molecular weight is 430 g/mol. The monoisotopic (exact) mass is 429 g/mol. The van der Waals surface area contributed by atoms with Gasteiger partial charge in [0.25, 0.3) is 0 Å². The Labute approximate surface area is 177 Å². The van der Waals surface area contributed by atoms with Crippen LogP contribution in [0.25, 0.3) is 9.88 Å². The summed E-state index contributed by atoms with van der Waals surface area (Å²) < 4.78 is 11.5. The Kier molecular flexibility index (Phi) is 6.31. The van der Waals surface area contributed by atoms with Crippen molar-refractivity contribution in [2.75, 3.05) is 12.4 Å². The van der Waals surface area contributed by atoms with E-state index in [0.29, 0.717) is 23.7 Å². The lowest BCUT2D eigenvalue weighted by molar-refractivity contribution is 0.201. The molecule has 2 N–H and O–H groups in total. The summed E-state index contributed by atoms with van der Waals surface area (Å²) in [7, 11) is 1.62. The van der Waals surface area contributed by atoms with Crippen LogP contribution in [-0.2, 0) is 6.54 Å². The molecule has 4 rings (SSSR count). The number of rotatable bonds is 7. The molecule has 6 nitrogen and oxygen atoms in total. The van der Waals surface area contributed by atoms with E-state index in [1.165, 1.54) is 12.8 Å². The molecule has 2 amide bonds. The Morgan fingerprint density at radius 2 is 2.07 bits per heavy atom. The van der Waals surface area contributed by atoms with Crippen LogP contribution in [-0.4, -0.2) is 24.2 Å². The van der Waals surface area contributed by atoms with Gasteiger partial charge in [-0.25, -0.2) is 9.78 Å². The Hall–Kier alpha value is -2.58. The number of hydrogen-bond donors (Lipinski definition) is 2. The summed E-state index contributed by atoms with van der Waals surface area (Å²) >= 11 is 3.24. The SMILES string of the molecule is COc1ccc(NC(=O)NCc2csc(-c3cccs3)n2)cc1OC1CCCC1. The van der Waals surface area contributed by atoms with Gasteiger partial charge in [-0.05, 0) is 49.3 Å². The molecular weight excluding hydrogens is 406 g/mol. The van der Waals surface area contributed by atoms with Crippen LogP contribution in [0, 0.1) is 0 Å². The van der Waals surface area contributed by atoms with Crippen molar-refractivity contribution >= 4 is 34.4 Å². The summed E-state index contributed by atoms with van der Waals surface area (Å²) in [5.74, 6) is 1.34. The van der Waals surface area contributed by atoms with Crippen molar-refractivity contribution in [1.29, 1.82) is 0 Å². The lowest BCUT2D eigenvalue weighted by Gasteiger charge is -2.17. The molecule has 0 bridgehead atoms. The summed E-state index contributed by atoms with van der Waals surface area (Å²) in [6.45, 7) is 0.370. The number of hydrogen-bond acceptors (Lipinski definition) is 6. The van der Waals surface area contributed by atoms with Gasteiger partial charge in [0.05, 0.1) is 30.3 Å². The van der Waals surface area contributed by atoms with Gasteiger partial charge in [-0.3, -0.25) is 0 Å². The standard InChI is InChI=1S/C21H23N3O3S2/c1-26-17-9-8-14(11-18(17)27-16-5-2-3-6-16)24-21(25)22-12-15-13-29-20(23-15)19-7-4-10-28-19/h4,7-11,13,16H,2-3,5-6,12H2,1H3,(H2,22,24,25). The summed E-state index contributed by atoms with van der Waals surface area (Å²) in [4.78, 5) is 18.0. The van der Waals surface area contributed by atoms with E-state index < -0.39 is 0 Å². The van der Waals surface area contributed by atoms with Gasteiger partial charge in [-0.15, -0.1) is 22.7 Å². The van der Waals surface area contributed by atoms with E-state index in [-0.39, 0.29) is 12.1 Å². The van der Waals surface area contributed by atoms with Crippen molar-refractivity contribution in [2.24, 2.45) is 0 Å². The lowest BCUT2D eigenvalue weighted by atomic mass is 10.2. The van der Waals surface area contributed by atoms with Crippen molar-refractivity contribution in [1.82, 2.24) is 10.3 Å². The minimum Gasteiger partial charge on any atom is -0.493 e. The Morgan fingerprint density at radius 3 is 2.83 bits per heavy atom. The molecule has 1 aromatic carbocycles. The van der Waals surface area contributed by atoms with Gasteiger partial charge in [0.1, 0.15) is 5.01 Å². The van der Waals surface area contributed by atoms with Gasteiger partial charge in [-0.2, -0.15) is 0 Å². The molecule has 1 fully saturated rings. The fraction of sp³-hybridized carbons (Fsp3) is 0.333. The van der Waals surface area contributed by atoms with Crippen LogP contribution in [0.1, 0.15) is 31.4 Å². The van der Waals surface area contributed by atoms with E-state index in [2.05, 4.69) is 15.6 Å². The van der Waals surface area contributed by atoms with Gasteiger partial charge in [-0.1, -0.05) is 6.07 Å². The molecule has 8 heteroatoms. The van der Waals surface area contributed by atoms with E-state index in [0.717, 1.165) is 28.4 Å². The fourth-order valence-electron chi connectivity index (χ4n) is 3.28. The van der Waals surface area contributed by atoms with Crippen molar-refractivity contribution in [3.63, 3.8) is 0 Å². The summed E-state index contributed by atoms with van der Waals surface area (Å²) in [6.07, 6.45) is 4.72. The zero-order chi connectivity index (χ0) is 20.1. The van der Waals surface area contributed by atoms with E-state index in [4.69, 9.17) is 9.47 Å². The van der Waals surface area contributed by atoms with Crippen molar-refractivity contribution < 1.29 is 14.3 Å². The van der Waals surface area contributed by atoms with Crippen LogP contribution in [0.3, 0.4) is 0 Å². The molecule has 0 radical (unpaired) electrons. The largest absolute Gasteiger partial charge is 0.493 e. The number of thiophene rings is 1. The molecule has 1 aliphatic carbocycles. The maximum atomic E-state index is 12.3. The molecular formula is C21H23N3O3S2. The molecule has 0 spiro atoms. The van der Waals surface area contributed by atoms with Crippen LogP contribution in [0.5, 0.6) is 11.5 Å². The quantitative estimate of drug-likeness (QED) is 0.518. The number of nitrogens with zero attached hydrogens (tertiary/aromatic N) is 1. The number of methoxy groups -OCH3 is 1. The predicted octanol–water partition coefficient (Wildman–Crippen LogP) is 5.52. The average Bonchev–Trinajstić information content (AvgIpc) is 3.48. The predicted molar refractivity (Wildman–Crippen MR) is 117 cm³/mol. The number of carbonyl (C=O) groups excluding carboxylic acids is 1. The van der Waals surface area contributed by atoms with Crippen LogP contribution in [0.15, 0.2) is 41.1 Å². The van der Waals surface area contributed by atoms with Gasteiger partial charge in [0, 0.05) is 17.1 Å². The molecule has 152 valence electrons. The molecule has 2 aromatic heterocycles. The van der Waals surface area contributed by atoms with Gasteiger partial charge >= 0.3 is 6.03 Å². The highest BCUT2D eigenvalue weighted by Gasteiger charge is 2.19. The first-order valence-corrected chi connectivity index (χ1v) is 11.3. The van der Waals surface area contributed by atoms with Crippen molar-refractivity contribution in [3.8, 4) is 21.4 Å². The maximum absolute atomic E-state index is 12.3. The number of benzene rings is 1. The second-order valence-corrected chi connectivity index (χ2v) is 8.62. The van der Waals surface area contributed by atoms with Gasteiger partial charge in [0.2, 0.25) is 0 Å². The van der Waals surface area contributed by atoms with E-state index in [1.54, 1.807) is 35.8 Å². The molecule has 0 aliphatic heterocycles. The maximum Gasteiger partial charge on any atom is 0.319 e. The third-order valence-electron chi connectivity index (χ3n) is 4.73. The zero-order valence-electron chi connectivity index (χ0n) is 16.1. The number of urea groups is 1. The second-order valence-electron chi connectivity index (χ2n) is 6.82. The molecule has 1 saturated carbocycles. The third-order valence-corrected chi connectivity index (χ3v) is 6.66. The minimum atomic E-state index is -0.285. The lowest BCUT2D eigenvalue weighted by Crippen LogP contribution is -2.28. The fourth-order valence-corrected chi connectivity index (χ4v) is 4.91. The van der Waals surface area contributed by atoms with Crippen LogP contribution in [0.4, 0.5) is 10.5 Å². The molecule has 1 aliphatic rings. The first kappa shape index (κ1) is 19.7. The molecule has 3 aromatic rings. The Bertz CT molecular complexity index is 950. The highest BCUT2D eigenvalue weighted by atomic mass is 32.1.